The van der Waals surface area contributed by atoms with Gasteiger partial charge in [-0.05, 0) is 24.7 Å². The third-order valence-electron chi connectivity index (χ3n) is 2.24. The maximum absolute atomic E-state index is 12.0. The van der Waals surface area contributed by atoms with Gasteiger partial charge in [-0.2, -0.15) is 13.2 Å². The minimum atomic E-state index is -4.33. The predicted molar refractivity (Wildman–Crippen MR) is 65.1 cm³/mol. The Labute approximate surface area is 113 Å². The molecule has 0 saturated carbocycles. The lowest BCUT2D eigenvalue weighted by molar-refractivity contribution is -0.175. The smallest absolute Gasteiger partial charge is 0.370 e. The SMILES string of the molecule is CNC(COCC(F)(F)F)c1ccc(Cl)cc1Cl. The average Bonchev–Trinajstić information content (AvgIpc) is 2.24. The van der Waals surface area contributed by atoms with Crippen molar-refractivity contribution in [3.63, 3.8) is 0 Å². The minimum Gasteiger partial charge on any atom is -0.370 e. The summed E-state index contributed by atoms with van der Waals surface area (Å²) in [6.07, 6.45) is -4.33. The Hall–Kier alpha value is -0.490. The number of nitrogens with one attached hydrogen (secondary N) is 1. The Balaban J connectivity index is 2.66. The summed E-state index contributed by atoms with van der Waals surface area (Å²) in [6.45, 7) is -1.41. The van der Waals surface area contributed by atoms with Crippen molar-refractivity contribution in [1.29, 1.82) is 0 Å². The molecule has 1 rings (SSSR count). The van der Waals surface area contributed by atoms with Gasteiger partial charge in [0, 0.05) is 10.0 Å². The zero-order chi connectivity index (χ0) is 13.8. The lowest BCUT2D eigenvalue weighted by atomic mass is 10.1. The molecular formula is C11H12Cl2F3NO. The summed E-state index contributed by atoms with van der Waals surface area (Å²) >= 11 is 11.7. The van der Waals surface area contributed by atoms with Crippen molar-refractivity contribution < 1.29 is 17.9 Å². The third kappa shape index (κ3) is 5.02. The van der Waals surface area contributed by atoms with Crippen LogP contribution in [0.1, 0.15) is 11.6 Å². The average molecular weight is 302 g/mol. The van der Waals surface area contributed by atoms with Crippen LogP contribution < -0.4 is 5.32 Å². The first-order valence-electron chi connectivity index (χ1n) is 5.10. The summed E-state index contributed by atoms with van der Waals surface area (Å²) in [4.78, 5) is 0. The van der Waals surface area contributed by atoms with Gasteiger partial charge in [-0.1, -0.05) is 29.3 Å². The molecule has 0 fully saturated rings. The highest BCUT2D eigenvalue weighted by molar-refractivity contribution is 6.35. The van der Waals surface area contributed by atoms with E-state index < -0.39 is 18.8 Å². The number of rotatable bonds is 5. The van der Waals surface area contributed by atoms with Gasteiger partial charge in [0.2, 0.25) is 0 Å². The molecule has 0 aliphatic heterocycles. The fourth-order valence-corrected chi connectivity index (χ4v) is 1.95. The second kappa shape index (κ2) is 6.61. The molecule has 2 nitrogen and oxygen atoms in total. The first-order valence-corrected chi connectivity index (χ1v) is 5.86. The number of benzene rings is 1. The monoisotopic (exact) mass is 301 g/mol. The molecule has 7 heteroatoms. The molecule has 102 valence electrons. The van der Waals surface area contributed by atoms with Crippen LogP contribution in [0.2, 0.25) is 10.0 Å². The lowest BCUT2D eigenvalue weighted by Crippen LogP contribution is -2.25. The van der Waals surface area contributed by atoms with Crippen LogP contribution >= 0.6 is 23.2 Å². The maximum atomic E-state index is 12.0. The highest BCUT2D eigenvalue weighted by Gasteiger charge is 2.28. The Morgan fingerprint density at radius 1 is 1.33 bits per heavy atom. The van der Waals surface area contributed by atoms with Crippen molar-refractivity contribution in [3.8, 4) is 0 Å². The van der Waals surface area contributed by atoms with E-state index in [2.05, 4.69) is 10.1 Å². The first-order chi connectivity index (χ1) is 8.33. The molecule has 0 bridgehead atoms. The van der Waals surface area contributed by atoms with Gasteiger partial charge in [-0.15, -0.1) is 0 Å². The van der Waals surface area contributed by atoms with E-state index in [1.165, 1.54) is 6.07 Å². The minimum absolute atomic E-state index is 0.128. The van der Waals surface area contributed by atoms with Gasteiger partial charge in [0.15, 0.2) is 0 Å². The van der Waals surface area contributed by atoms with Gasteiger partial charge >= 0.3 is 6.18 Å². The summed E-state index contributed by atoms with van der Waals surface area (Å²) in [7, 11) is 1.62. The molecule has 1 unspecified atom stereocenters. The van der Waals surface area contributed by atoms with Crippen LogP contribution in [0.5, 0.6) is 0 Å². The topological polar surface area (TPSA) is 21.3 Å². The van der Waals surface area contributed by atoms with Crippen molar-refractivity contribution in [1.82, 2.24) is 5.32 Å². The standard InChI is InChI=1S/C11H12Cl2F3NO/c1-17-10(5-18-6-11(14,15)16)8-3-2-7(12)4-9(8)13/h2-4,10,17H,5-6H2,1H3. The summed E-state index contributed by atoms with van der Waals surface area (Å²) < 4.78 is 40.5. The second-order valence-electron chi connectivity index (χ2n) is 3.64. The highest BCUT2D eigenvalue weighted by Crippen LogP contribution is 2.26. The van der Waals surface area contributed by atoms with E-state index in [4.69, 9.17) is 23.2 Å². The molecular weight excluding hydrogens is 290 g/mol. The molecule has 0 amide bonds. The summed E-state index contributed by atoms with van der Waals surface area (Å²) in [5, 5.41) is 3.70. The van der Waals surface area contributed by atoms with E-state index in [9.17, 15) is 13.2 Å². The molecule has 0 heterocycles. The van der Waals surface area contributed by atoms with Crippen molar-refractivity contribution in [2.75, 3.05) is 20.3 Å². The van der Waals surface area contributed by atoms with Gasteiger partial charge in [-0.25, -0.2) is 0 Å². The molecule has 0 aliphatic carbocycles. The zero-order valence-corrected chi connectivity index (χ0v) is 11.0. The molecule has 0 spiro atoms. The van der Waals surface area contributed by atoms with Gasteiger partial charge in [0.05, 0.1) is 12.6 Å². The van der Waals surface area contributed by atoms with E-state index in [1.54, 1.807) is 19.2 Å². The van der Waals surface area contributed by atoms with Gasteiger partial charge < -0.3 is 10.1 Å². The molecule has 0 radical (unpaired) electrons. The molecule has 1 aromatic rings. The van der Waals surface area contributed by atoms with Gasteiger partial charge in [0.1, 0.15) is 6.61 Å². The summed E-state index contributed by atoms with van der Waals surface area (Å²) in [5.41, 5.74) is 0.644. The number of hydrogen-bond donors (Lipinski definition) is 1. The molecule has 18 heavy (non-hydrogen) atoms. The molecule has 1 aromatic carbocycles. The first kappa shape index (κ1) is 15.6. The van der Waals surface area contributed by atoms with E-state index in [1.807, 2.05) is 0 Å². The van der Waals surface area contributed by atoms with E-state index in [0.717, 1.165) is 0 Å². The zero-order valence-electron chi connectivity index (χ0n) is 9.52. The number of alkyl halides is 3. The van der Waals surface area contributed by atoms with Crippen LogP contribution in [0.25, 0.3) is 0 Å². The van der Waals surface area contributed by atoms with E-state index in [-0.39, 0.29) is 6.61 Å². The van der Waals surface area contributed by atoms with Gasteiger partial charge in [-0.3, -0.25) is 0 Å². The predicted octanol–water partition coefficient (Wildman–Crippen LogP) is 3.83. The molecule has 1 atom stereocenters. The number of likely N-dealkylation sites (N-methyl/N-ethyl adjacent to an activating group) is 1. The largest absolute Gasteiger partial charge is 0.411 e. The Bertz CT molecular complexity index is 398. The van der Waals surface area contributed by atoms with Crippen LogP contribution in [0.3, 0.4) is 0 Å². The number of halogens is 5. The summed E-state index contributed by atoms with van der Waals surface area (Å²) in [5.74, 6) is 0. The van der Waals surface area contributed by atoms with Gasteiger partial charge in [0.25, 0.3) is 0 Å². The maximum Gasteiger partial charge on any atom is 0.411 e. The van der Waals surface area contributed by atoms with Crippen molar-refractivity contribution in [3.05, 3.63) is 33.8 Å². The van der Waals surface area contributed by atoms with Crippen LogP contribution in [-0.2, 0) is 4.74 Å². The second-order valence-corrected chi connectivity index (χ2v) is 4.48. The quantitative estimate of drug-likeness (QED) is 0.892. The van der Waals surface area contributed by atoms with Crippen LogP contribution in [0, 0.1) is 0 Å². The Morgan fingerprint density at radius 2 is 2.00 bits per heavy atom. The van der Waals surface area contributed by atoms with Crippen LogP contribution in [0.15, 0.2) is 18.2 Å². The molecule has 0 saturated heterocycles. The lowest BCUT2D eigenvalue weighted by Gasteiger charge is -2.18. The third-order valence-corrected chi connectivity index (χ3v) is 2.80. The fourth-order valence-electron chi connectivity index (χ4n) is 1.41. The van der Waals surface area contributed by atoms with Crippen molar-refractivity contribution in [2.45, 2.75) is 12.2 Å². The van der Waals surface area contributed by atoms with Crippen molar-refractivity contribution >= 4 is 23.2 Å². The highest BCUT2D eigenvalue weighted by atomic mass is 35.5. The fraction of sp³-hybridized carbons (Fsp3) is 0.455. The van der Waals surface area contributed by atoms with Crippen LogP contribution in [-0.4, -0.2) is 26.4 Å². The molecule has 1 N–H and O–H groups in total. The Morgan fingerprint density at radius 3 is 2.50 bits per heavy atom. The Kier molecular flexibility index (Phi) is 5.72. The summed E-state index contributed by atoms with van der Waals surface area (Å²) in [6, 6.07) is 4.39. The molecule has 0 aromatic heterocycles. The van der Waals surface area contributed by atoms with E-state index in [0.29, 0.717) is 15.6 Å². The van der Waals surface area contributed by atoms with Crippen molar-refractivity contribution in [2.24, 2.45) is 0 Å². The normalized spacial score (nSPS) is 13.7. The number of hydrogen-bond acceptors (Lipinski definition) is 2. The number of ether oxygens (including phenoxy) is 1. The van der Waals surface area contributed by atoms with Crippen LogP contribution in [0.4, 0.5) is 13.2 Å². The van der Waals surface area contributed by atoms with E-state index >= 15 is 0 Å². The molecule has 0 aliphatic rings.